The summed E-state index contributed by atoms with van der Waals surface area (Å²) in [6.07, 6.45) is -0.340. The minimum absolute atomic E-state index is 0.0444. The number of hydrogen-bond acceptors (Lipinski definition) is 6. The van der Waals surface area contributed by atoms with E-state index in [1.165, 1.54) is 6.92 Å². The fraction of sp³-hybridized carbons (Fsp3) is 0.200. The van der Waals surface area contributed by atoms with Gasteiger partial charge in [-0.3, -0.25) is 14.4 Å². The van der Waals surface area contributed by atoms with Crippen LogP contribution in [0.3, 0.4) is 0 Å². The molecule has 170 valence electrons. The van der Waals surface area contributed by atoms with E-state index in [1.807, 2.05) is 37.4 Å². The van der Waals surface area contributed by atoms with Crippen molar-refractivity contribution in [1.82, 2.24) is 0 Å². The number of benzene rings is 3. The van der Waals surface area contributed by atoms with Crippen molar-refractivity contribution in [1.29, 1.82) is 0 Å². The van der Waals surface area contributed by atoms with Crippen molar-refractivity contribution >= 4 is 34.9 Å². The molecule has 1 atom stereocenters. The molecule has 3 aromatic rings. The second kappa shape index (κ2) is 9.94. The number of fused-ring (bicyclic) bond motifs is 1. The summed E-state index contributed by atoms with van der Waals surface area (Å²) < 4.78 is 11.4. The number of para-hydroxylation sites is 3. The van der Waals surface area contributed by atoms with E-state index in [0.29, 0.717) is 12.1 Å². The Balaban J connectivity index is 1.63. The molecule has 0 fully saturated rings. The maximum Gasteiger partial charge on any atom is 0.308 e. The quantitative estimate of drug-likeness (QED) is 0.297. The van der Waals surface area contributed by atoms with Crippen LogP contribution in [-0.2, 0) is 9.63 Å². The number of anilines is 2. The van der Waals surface area contributed by atoms with Crippen molar-refractivity contribution in [3.05, 3.63) is 83.4 Å². The molecule has 1 aliphatic rings. The number of amides is 1. The Bertz CT molecular complexity index is 1150. The Labute approximate surface area is 197 Å². The van der Waals surface area contributed by atoms with Crippen LogP contribution < -0.4 is 19.4 Å². The van der Waals surface area contributed by atoms with Crippen LogP contribution in [0.4, 0.5) is 11.4 Å². The summed E-state index contributed by atoms with van der Waals surface area (Å²) in [5.41, 5.74) is 1.60. The number of carbonyl (C=O) groups is 2. The van der Waals surface area contributed by atoms with E-state index in [4.69, 9.17) is 25.9 Å². The molecule has 8 heteroatoms. The monoisotopic (exact) mass is 466 g/mol. The minimum Gasteiger partial charge on any atom is -0.484 e. The predicted molar refractivity (Wildman–Crippen MR) is 126 cm³/mol. The first kappa shape index (κ1) is 22.6. The van der Waals surface area contributed by atoms with E-state index in [2.05, 4.69) is 4.90 Å². The molecule has 3 aromatic carbocycles. The highest BCUT2D eigenvalue weighted by molar-refractivity contribution is 6.32. The number of rotatable bonds is 6. The molecule has 0 aromatic heterocycles. The van der Waals surface area contributed by atoms with Crippen LogP contribution in [0.2, 0.25) is 5.02 Å². The van der Waals surface area contributed by atoms with Crippen molar-refractivity contribution < 1.29 is 23.9 Å². The van der Waals surface area contributed by atoms with Gasteiger partial charge < -0.3 is 14.4 Å². The molecule has 0 radical (unpaired) electrons. The van der Waals surface area contributed by atoms with Gasteiger partial charge >= 0.3 is 5.97 Å². The lowest BCUT2D eigenvalue weighted by Gasteiger charge is -2.34. The number of halogens is 1. The van der Waals surface area contributed by atoms with Crippen LogP contribution in [0.5, 0.6) is 11.5 Å². The lowest BCUT2D eigenvalue weighted by molar-refractivity contribution is -0.131. The summed E-state index contributed by atoms with van der Waals surface area (Å²) in [4.78, 5) is 33.2. The summed E-state index contributed by atoms with van der Waals surface area (Å²) in [6, 6.07) is 21.2. The number of hydrogen-bond donors (Lipinski definition) is 0. The molecule has 0 unspecified atom stereocenters. The highest BCUT2D eigenvalue weighted by Crippen LogP contribution is 2.37. The van der Waals surface area contributed by atoms with E-state index in [0.717, 1.165) is 16.5 Å². The van der Waals surface area contributed by atoms with Gasteiger partial charge in [-0.15, -0.1) is 0 Å². The van der Waals surface area contributed by atoms with Gasteiger partial charge in [0.2, 0.25) is 0 Å². The maximum atomic E-state index is 13.4. The number of ether oxygens (including phenoxy) is 2. The predicted octanol–water partition coefficient (Wildman–Crippen LogP) is 4.74. The molecule has 0 saturated heterocycles. The number of likely N-dealkylation sites (N-methyl/N-ethyl adjacent to an activating group) is 1. The average Bonchev–Trinajstić information content (AvgIpc) is 2.81. The second-order valence-electron chi connectivity index (χ2n) is 7.53. The number of nitrogens with zero attached hydrogens (tertiary/aromatic N) is 2. The van der Waals surface area contributed by atoms with E-state index >= 15 is 0 Å². The van der Waals surface area contributed by atoms with Crippen molar-refractivity contribution in [2.24, 2.45) is 0 Å². The zero-order valence-electron chi connectivity index (χ0n) is 18.2. The Morgan fingerprint density at radius 2 is 1.79 bits per heavy atom. The van der Waals surface area contributed by atoms with Crippen LogP contribution in [0.1, 0.15) is 17.3 Å². The van der Waals surface area contributed by atoms with Crippen molar-refractivity contribution in [2.75, 3.05) is 30.2 Å². The lowest BCUT2D eigenvalue weighted by atomic mass is 10.2. The number of hydroxylamine groups is 1. The molecule has 0 bridgehead atoms. The van der Waals surface area contributed by atoms with Gasteiger partial charge in [-0.1, -0.05) is 48.0 Å². The van der Waals surface area contributed by atoms with E-state index < -0.39 is 11.9 Å². The third kappa shape index (κ3) is 5.10. The molecule has 33 heavy (non-hydrogen) atoms. The fourth-order valence-electron chi connectivity index (χ4n) is 3.57. The molecule has 0 N–H and O–H groups in total. The van der Waals surface area contributed by atoms with Crippen LogP contribution >= 0.6 is 11.6 Å². The largest absolute Gasteiger partial charge is 0.484 e. The third-order valence-corrected chi connectivity index (χ3v) is 5.35. The van der Waals surface area contributed by atoms with Crippen LogP contribution in [0, 0.1) is 0 Å². The van der Waals surface area contributed by atoms with Crippen LogP contribution in [0.15, 0.2) is 72.8 Å². The average molecular weight is 467 g/mol. The molecule has 0 spiro atoms. The summed E-state index contributed by atoms with van der Waals surface area (Å²) in [5, 5.41) is 1.28. The lowest BCUT2D eigenvalue weighted by Crippen LogP contribution is -2.43. The fourth-order valence-corrected chi connectivity index (χ4v) is 3.78. The summed E-state index contributed by atoms with van der Waals surface area (Å²) >= 11 is 6.29. The van der Waals surface area contributed by atoms with Crippen molar-refractivity contribution in [3.63, 3.8) is 0 Å². The molecular formula is C25H23ClN2O5. The van der Waals surface area contributed by atoms with Gasteiger partial charge in [-0.05, 0) is 36.4 Å². The van der Waals surface area contributed by atoms with Gasteiger partial charge in [0.25, 0.3) is 5.91 Å². The SMILES string of the molecule is CC(=O)Oc1c(Cl)cccc1N(OC[C@@H]1CN(C)c2ccccc2O1)C(=O)c1ccccc1. The highest BCUT2D eigenvalue weighted by atomic mass is 35.5. The van der Waals surface area contributed by atoms with Gasteiger partial charge in [0.1, 0.15) is 24.1 Å². The first-order chi connectivity index (χ1) is 15.9. The van der Waals surface area contributed by atoms with Crippen LogP contribution in [-0.4, -0.2) is 38.2 Å². The molecular weight excluding hydrogens is 444 g/mol. The molecule has 1 amide bonds. The molecule has 0 saturated carbocycles. The third-order valence-electron chi connectivity index (χ3n) is 5.05. The highest BCUT2D eigenvalue weighted by Gasteiger charge is 2.29. The molecule has 7 nitrogen and oxygen atoms in total. The first-order valence-corrected chi connectivity index (χ1v) is 10.8. The zero-order chi connectivity index (χ0) is 23.4. The van der Waals surface area contributed by atoms with E-state index in [9.17, 15) is 9.59 Å². The standard InChI is InChI=1S/C25H23ClN2O5/c1-17(29)32-24-20(26)11-8-13-22(24)28(25(30)18-9-4-3-5-10-18)31-16-19-15-27(2)21-12-6-7-14-23(21)33-19/h3-14,19H,15-16H2,1-2H3/t19-/m0/s1. The molecule has 1 heterocycles. The van der Waals surface area contributed by atoms with Gasteiger partial charge in [0, 0.05) is 19.5 Å². The zero-order valence-corrected chi connectivity index (χ0v) is 19.0. The Hall–Kier alpha value is -3.55. The van der Waals surface area contributed by atoms with E-state index in [-0.39, 0.29) is 29.2 Å². The smallest absolute Gasteiger partial charge is 0.308 e. The van der Waals surface area contributed by atoms with Crippen molar-refractivity contribution in [2.45, 2.75) is 13.0 Å². The summed E-state index contributed by atoms with van der Waals surface area (Å²) in [6.45, 7) is 1.90. The minimum atomic E-state index is -0.565. The number of carbonyl (C=O) groups excluding carboxylic acids is 2. The van der Waals surface area contributed by atoms with Gasteiger partial charge in [0.15, 0.2) is 5.75 Å². The van der Waals surface area contributed by atoms with Gasteiger partial charge in [-0.25, -0.2) is 0 Å². The molecule has 1 aliphatic heterocycles. The van der Waals surface area contributed by atoms with Gasteiger partial charge in [-0.2, -0.15) is 5.06 Å². The summed E-state index contributed by atoms with van der Waals surface area (Å²) in [5.74, 6) is -0.215. The van der Waals surface area contributed by atoms with E-state index in [1.54, 1.807) is 42.5 Å². The maximum absolute atomic E-state index is 13.4. The first-order valence-electron chi connectivity index (χ1n) is 10.4. The van der Waals surface area contributed by atoms with Crippen LogP contribution in [0.25, 0.3) is 0 Å². The molecule has 4 rings (SSSR count). The molecule has 0 aliphatic carbocycles. The summed E-state index contributed by atoms with van der Waals surface area (Å²) in [7, 11) is 1.97. The Kier molecular flexibility index (Phi) is 6.82. The Morgan fingerprint density at radius 1 is 1.06 bits per heavy atom. The Morgan fingerprint density at radius 3 is 2.55 bits per heavy atom. The van der Waals surface area contributed by atoms with Crippen molar-refractivity contribution in [3.8, 4) is 11.5 Å². The topological polar surface area (TPSA) is 68.3 Å². The number of esters is 1. The normalized spacial score (nSPS) is 14.8. The van der Waals surface area contributed by atoms with Gasteiger partial charge in [0.05, 0.1) is 17.3 Å². The second-order valence-corrected chi connectivity index (χ2v) is 7.94.